The number of carbonyl (C=O) groups is 1. The van der Waals surface area contributed by atoms with Crippen molar-refractivity contribution in [2.45, 2.75) is 32.6 Å². The molecule has 9 heavy (non-hydrogen) atoms. The van der Waals surface area contributed by atoms with Gasteiger partial charge in [-0.3, -0.25) is 0 Å². The molecule has 0 unspecified atom stereocenters. The molecule has 0 aliphatic heterocycles. The van der Waals surface area contributed by atoms with E-state index in [1.165, 1.54) is 20.2 Å². The van der Waals surface area contributed by atoms with E-state index < -0.39 is 0 Å². The minimum atomic E-state index is -0.0896. The van der Waals surface area contributed by atoms with Gasteiger partial charge in [0.2, 0.25) is 0 Å². The van der Waals surface area contributed by atoms with Crippen molar-refractivity contribution in [2.24, 2.45) is 0 Å². The molecular formula is C6H11MoO2. The normalized spacial score (nSPS) is 9.00. The number of carbonyl (C=O) groups excluding carboxylic acids is 1. The molecule has 53 valence electrons. The van der Waals surface area contributed by atoms with Gasteiger partial charge in [0.1, 0.15) is 0 Å². The molecular weight excluding hydrogens is 200 g/mol. The SMILES string of the molecule is CCCCCC(=O)[O][Mo]. The number of rotatable bonds is 4. The molecule has 0 fully saturated rings. The quantitative estimate of drug-likeness (QED) is 0.521. The molecule has 0 aliphatic rings. The molecule has 0 saturated carbocycles. The van der Waals surface area contributed by atoms with Crippen LogP contribution in [-0.4, -0.2) is 5.97 Å². The number of hydrogen-bond donors (Lipinski definition) is 0. The van der Waals surface area contributed by atoms with Gasteiger partial charge in [-0.15, -0.1) is 0 Å². The van der Waals surface area contributed by atoms with Crippen LogP contribution in [-0.2, 0) is 28.4 Å². The maximum absolute atomic E-state index is 10.5. The molecule has 0 heterocycles. The standard InChI is InChI=1S/C6H12O2.Mo/c1-2-3-4-5-6(7)8;/h2-5H2,1H3,(H,7,8);/q;+1/p-1. The van der Waals surface area contributed by atoms with Crippen LogP contribution in [0.1, 0.15) is 32.6 Å². The van der Waals surface area contributed by atoms with Gasteiger partial charge in [-0.05, 0) is 0 Å². The van der Waals surface area contributed by atoms with E-state index in [1.54, 1.807) is 0 Å². The average molecular weight is 211 g/mol. The van der Waals surface area contributed by atoms with Crippen LogP contribution in [0.5, 0.6) is 0 Å². The predicted molar refractivity (Wildman–Crippen MR) is 30.2 cm³/mol. The first kappa shape index (κ1) is 9.16. The van der Waals surface area contributed by atoms with E-state index in [2.05, 4.69) is 10.3 Å². The first-order valence-electron chi connectivity index (χ1n) is 3.14. The van der Waals surface area contributed by atoms with Gasteiger partial charge in [-0.25, -0.2) is 0 Å². The molecule has 0 amide bonds. The van der Waals surface area contributed by atoms with Gasteiger partial charge in [0.25, 0.3) is 0 Å². The van der Waals surface area contributed by atoms with Crippen LogP contribution >= 0.6 is 0 Å². The Morgan fingerprint density at radius 3 is 2.67 bits per heavy atom. The molecule has 0 aromatic heterocycles. The van der Waals surface area contributed by atoms with Crippen molar-refractivity contribution in [1.82, 2.24) is 0 Å². The molecule has 0 atom stereocenters. The molecule has 2 nitrogen and oxygen atoms in total. The summed E-state index contributed by atoms with van der Waals surface area (Å²) >= 11 is 1.36. The molecule has 0 N–H and O–H groups in total. The third-order valence-corrected chi connectivity index (χ3v) is 1.53. The van der Waals surface area contributed by atoms with E-state index >= 15 is 0 Å². The van der Waals surface area contributed by atoms with Crippen molar-refractivity contribution in [3.63, 3.8) is 0 Å². The van der Waals surface area contributed by atoms with Gasteiger partial charge in [-0.1, -0.05) is 0 Å². The first-order chi connectivity index (χ1) is 4.31. The second-order valence-electron chi connectivity index (χ2n) is 1.91. The Hall–Kier alpha value is 0.158. The summed E-state index contributed by atoms with van der Waals surface area (Å²) in [4.78, 5) is 10.5. The summed E-state index contributed by atoms with van der Waals surface area (Å²) in [5.74, 6) is -0.0896. The predicted octanol–water partition coefficient (Wildman–Crippen LogP) is 1.57. The number of hydrogen-bond acceptors (Lipinski definition) is 2. The summed E-state index contributed by atoms with van der Waals surface area (Å²) in [5.41, 5.74) is 0. The Labute approximate surface area is 67.3 Å². The zero-order valence-corrected chi connectivity index (χ0v) is 7.56. The van der Waals surface area contributed by atoms with Crippen LogP contribution in [0.4, 0.5) is 0 Å². The molecule has 0 aliphatic carbocycles. The summed E-state index contributed by atoms with van der Waals surface area (Å²) in [7, 11) is 0. The fraction of sp³-hybridized carbons (Fsp3) is 0.833. The average Bonchev–Trinajstić information content (AvgIpc) is 1.89. The van der Waals surface area contributed by atoms with Crippen LogP contribution in [0.15, 0.2) is 0 Å². The van der Waals surface area contributed by atoms with Crippen molar-refractivity contribution in [1.29, 1.82) is 0 Å². The molecule has 0 spiro atoms. The summed E-state index contributed by atoms with van der Waals surface area (Å²) < 4.78 is 4.47. The molecule has 0 rings (SSSR count). The third-order valence-electron chi connectivity index (χ3n) is 1.08. The van der Waals surface area contributed by atoms with Crippen molar-refractivity contribution in [3.8, 4) is 0 Å². The van der Waals surface area contributed by atoms with E-state index in [4.69, 9.17) is 0 Å². The van der Waals surface area contributed by atoms with E-state index in [1.807, 2.05) is 0 Å². The van der Waals surface area contributed by atoms with E-state index in [0.717, 1.165) is 19.3 Å². The Bertz CT molecular complexity index is 83.1. The minimum absolute atomic E-state index is 0.0896. The summed E-state index contributed by atoms with van der Waals surface area (Å²) in [5, 5.41) is 0. The van der Waals surface area contributed by atoms with Gasteiger partial charge in [0.15, 0.2) is 0 Å². The molecule has 3 heteroatoms. The van der Waals surface area contributed by atoms with Crippen molar-refractivity contribution >= 4 is 5.97 Å². The second kappa shape index (κ2) is 6.28. The van der Waals surface area contributed by atoms with Gasteiger partial charge in [0, 0.05) is 0 Å². The van der Waals surface area contributed by atoms with Crippen LogP contribution in [0.25, 0.3) is 0 Å². The van der Waals surface area contributed by atoms with Crippen molar-refractivity contribution < 1.29 is 28.4 Å². The Balaban J connectivity index is 2.97. The van der Waals surface area contributed by atoms with Gasteiger partial charge >= 0.3 is 67.0 Å². The first-order valence-corrected chi connectivity index (χ1v) is 3.95. The van der Waals surface area contributed by atoms with E-state index in [9.17, 15) is 4.79 Å². The van der Waals surface area contributed by atoms with Gasteiger partial charge in [-0.2, -0.15) is 0 Å². The maximum atomic E-state index is 10.5. The molecule has 0 saturated heterocycles. The van der Waals surface area contributed by atoms with Gasteiger partial charge in [0.05, 0.1) is 0 Å². The van der Waals surface area contributed by atoms with Crippen LogP contribution < -0.4 is 0 Å². The van der Waals surface area contributed by atoms with E-state index in [-0.39, 0.29) is 5.97 Å². The van der Waals surface area contributed by atoms with Crippen molar-refractivity contribution in [3.05, 3.63) is 0 Å². The second-order valence-corrected chi connectivity index (χ2v) is 2.32. The Kier molecular flexibility index (Phi) is 6.39. The number of unbranched alkanes of at least 4 members (excludes halogenated alkanes) is 2. The Morgan fingerprint density at radius 2 is 2.22 bits per heavy atom. The Morgan fingerprint density at radius 1 is 1.56 bits per heavy atom. The summed E-state index contributed by atoms with van der Waals surface area (Å²) in [6.07, 6.45) is 3.81. The summed E-state index contributed by atoms with van der Waals surface area (Å²) in [6.45, 7) is 2.11. The van der Waals surface area contributed by atoms with Crippen LogP contribution in [0, 0.1) is 0 Å². The van der Waals surface area contributed by atoms with Crippen LogP contribution in [0.3, 0.4) is 0 Å². The third kappa shape index (κ3) is 6.04. The van der Waals surface area contributed by atoms with E-state index in [0.29, 0.717) is 6.42 Å². The molecule has 0 aromatic carbocycles. The molecule has 0 bridgehead atoms. The molecule has 0 aromatic rings. The molecule has 0 radical (unpaired) electrons. The van der Waals surface area contributed by atoms with Crippen molar-refractivity contribution in [2.75, 3.05) is 0 Å². The zero-order chi connectivity index (χ0) is 7.11. The fourth-order valence-corrected chi connectivity index (χ4v) is 0.766. The zero-order valence-electron chi connectivity index (χ0n) is 5.55. The van der Waals surface area contributed by atoms with Gasteiger partial charge < -0.3 is 0 Å². The topological polar surface area (TPSA) is 26.3 Å². The van der Waals surface area contributed by atoms with Crippen LogP contribution in [0.2, 0.25) is 0 Å². The summed E-state index contributed by atoms with van der Waals surface area (Å²) in [6, 6.07) is 0. The monoisotopic (exact) mass is 213 g/mol. The fourth-order valence-electron chi connectivity index (χ4n) is 0.561.